The average molecular weight is 440 g/mol. The fraction of sp³-hybridized carbons (Fsp3) is 0.875. The molecular formula is C16H33IN4O2. The molecule has 1 aliphatic rings. The van der Waals surface area contributed by atoms with Crippen molar-refractivity contribution in [2.45, 2.75) is 53.1 Å². The minimum Gasteiger partial charge on any atom is -0.444 e. The maximum atomic E-state index is 11.6. The fourth-order valence-corrected chi connectivity index (χ4v) is 2.28. The second-order valence-corrected chi connectivity index (χ2v) is 6.83. The van der Waals surface area contributed by atoms with E-state index in [1.54, 1.807) is 0 Å². The first kappa shape index (κ1) is 22.3. The van der Waals surface area contributed by atoms with Crippen LogP contribution in [0.2, 0.25) is 0 Å². The molecule has 0 radical (unpaired) electrons. The van der Waals surface area contributed by atoms with Crippen LogP contribution in [0.1, 0.15) is 47.5 Å². The molecule has 1 fully saturated rings. The van der Waals surface area contributed by atoms with Crippen LogP contribution in [0.5, 0.6) is 0 Å². The first-order chi connectivity index (χ1) is 10.3. The highest BCUT2D eigenvalue weighted by molar-refractivity contribution is 14.0. The van der Waals surface area contributed by atoms with Crippen LogP contribution in [0.3, 0.4) is 0 Å². The number of aliphatic imine (C=N–C) groups is 1. The molecule has 0 aliphatic carbocycles. The van der Waals surface area contributed by atoms with Crippen molar-refractivity contribution in [1.82, 2.24) is 15.5 Å². The molecule has 0 saturated carbocycles. The van der Waals surface area contributed by atoms with Gasteiger partial charge in [0.15, 0.2) is 5.96 Å². The van der Waals surface area contributed by atoms with Crippen LogP contribution in [0.15, 0.2) is 4.99 Å². The summed E-state index contributed by atoms with van der Waals surface area (Å²) in [5, 5.41) is 6.06. The number of nitrogens with one attached hydrogen (secondary N) is 2. The summed E-state index contributed by atoms with van der Waals surface area (Å²) in [6, 6.07) is 0. The normalized spacial score (nSPS) is 16.6. The smallest absolute Gasteiger partial charge is 0.407 e. The number of halogens is 1. The molecule has 2 N–H and O–H groups in total. The summed E-state index contributed by atoms with van der Waals surface area (Å²) in [4.78, 5) is 18.5. The van der Waals surface area contributed by atoms with E-state index in [2.05, 4.69) is 34.4 Å². The molecule has 23 heavy (non-hydrogen) atoms. The number of nitrogens with zero attached hydrogens (tertiary/aromatic N) is 2. The van der Waals surface area contributed by atoms with Gasteiger partial charge in [-0.25, -0.2) is 4.79 Å². The summed E-state index contributed by atoms with van der Waals surface area (Å²) in [5.41, 5.74) is -0.466. The number of guanidine groups is 1. The van der Waals surface area contributed by atoms with Gasteiger partial charge < -0.3 is 20.3 Å². The predicted octanol–water partition coefficient (Wildman–Crippen LogP) is 2.83. The highest BCUT2D eigenvalue weighted by Crippen LogP contribution is 2.15. The van der Waals surface area contributed by atoms with Crippen LogP contribution in [0.4, 0.5) is 4.79 Å². The maximum absolute atomic E-state index is 11.6. The lowest BCUT2D eigenvalue weighted by Crippen LogP contribution is -2.45. The Bertz CT molecular complexity index is 375. The molecule has 1 rings (SSSR count). The molecule has 1 saturated heterocycles. The van der Waals surface area contributed by atoms with Crippen molar-refractivity contribution in [2.75, 3.05) is 32.7 Å². The molecule has 1 amide bonds. The summed E-state index contributed by atoms with van der Waals surface area (Å²) in [5.74, 6) is 1.74. The SMILES string of the molecule is CCNC(=NCCNC(=O)OC(C)(C)C)N1CCC(C)CC1.I. The van der Waals surface area contributed by atoms with Gasteiger partial charge >= 0.3 is 6.09 Å². The zero-order chi connectivity index (χ0) is 16.6. The molecular weight excluding hydrogens is 407 g/mol. The zero-order valence-electron chi connectivity index (χ0n) is 15.1. The van der Waals surface area contributed by atoms with Gasteiger partial charge in [-0.15, -0.1) is 24.0 Å². The molecule has 0 aromatic carbocycles. The number of amides is 1. The van der Waals surface area contributed by atoms with Gasteiger partial charge in [0.2, 0.25) is 0 Å². The number of carbonyl (C=O) groups is 1. The van der Waals surface area contributed by atoms with E-state index < -0.39 is 5.60 Å². The van der Waals surface area contributed by atoms with Crippen molar-refractivity contribution in [2.24, 2.45) is 10.9 Å². The third-order valence-corrected chi connectivity index (χ3v) is 3.46. The molecule has 0 atom stereocenters. The first-order valence-electron chi connectivity index (χ1n) is 8.32. The summed E-state index contributed by atoms with van der Waals surface area (Å²) < 4.78 is 5.20. The second-order valence-electron chi connectivity index (χ2n) is 6.83. The third kappa shape index (κ3) is 9.88. The monoisotopic (exact) mass is 440 g/mol. The van der Waals surface area contributed by atoms with E-state index in [1.807, 2.05) is 20.8 Å². The van der Waals surface area contributed by atoms with Crippen molar-refractivity contribution >= 4 is 36.0 Å². The number of hydrogen-bond donors (Lipinski definition) is 2. The van der Waals surface area contributed by atoms with Crippen LogP contribution >= 0.6 is 24.0 Å². The van der Waals surface area contributed by atoms with Gasteiger partial charge in [-0.3, -0.25) is 4.99 Å². The Morgan fingerprint density at radius 3 is 2.39 bits per heavy atom. The summed E-state index contributed by atoms with van der Waals surface area (Å²) in [6.45, 7) is 13.9. The number of likely N-dealkylation sites (tertiary alicyclic amines) is 1. The Labute approximate surface area is 157 Å². The minimum absolute atomic E-state index is 0. The Hall–Kier alpha value is -0.730. The molecule has 0 unspecified atom stereocenters. The van der Waals surface area contributed by atoms with Crippen molar-refractivity contribution in [3.8, 4) is 0 Å². The molecule has 7 heteroatoms. The summed E-state index contributed by atoms with van der Waals surface area (Å²) in [6.07, 6.45) is 2.03. The van der Waals surface area contributed by atoms with Gasteiger partial charge in [-0.2, -0.15) is 0 Å². The van der Waals surface area contributed by atoms with Gasteiger partial charge in [-0.05, 0) is 46.5 Å². The Morgan fingerprint density at radius 2 is 1.87 bits per heavy atom. The van der Waals surface area contributed by atoms with E-state index in [0.717, 1.165) is 31.5 Å². The lowest BCUT2D eigenvalue weighted by atomic mass is 10.00. The first-order valence-corrected chi connectivity index (χ1v) is 8.32. The number of ether oxygens (including phenoxy) is 1. The quantitative estimate of drug-likeness (QED) is 0.306. The van der Waals surface area contributed by atoms with Gasteiger partial charge in [-0.1, -0.05) is 6.92 Å². The van der Waals surface area contributed by atoms with E-state index in [9.17, 15) is 4.79 Å². The molecule has 0 bridgehead atoms. The maximum Gasteiger partial charge on any atom is 0.407 e. The molecule has 0 aromatic rings. The van der Waals surface area contributed by atoms with E-state index in [4.69, 9.17) is 4.74 Å². The third-order valence-electron chi connectivity index (χ3n) is 3.46. The van der Waals surface area contributed by atoms with Crippen molar-refractivity contribution in [3.05, 3.63) is 0 Å². The summed E-state index contributed by atoms with van der Waals surface area (Å²) in [7, 11) is 0. The molecule has 136 valence electrons. The van der Waals surface area contributed by atoms with E-state index in [-0.39, 0.29) is 30.1 Å². The molecule has 0 aromatic heterocycles. The van der Waals surface area contributed by atoms with Crippen molar-refractivity contribution in [3.63, 3.8) is 0 Å². The van der Waals surface area contributed by atoms with Crippen molar-refractivity contribution in [1.29, 1.82) is 0 Å². The van der Waals surface area contributed by atoms with E-state index in [1.165, 1.54) is 12.8 Å². The van der Waals surface area contributed by atoms with E-state index >= 15 is 0 Å². The Balaban J connectivity index is 0.00000484. The van der Waals surface area contributed by atoms with Crippen LogP contribution in [-0.2, 0) is 4.74 Å². The topological polar surface area (TPSA) is 66.0 Å². The fourth-order valence-electron chi connectivity index (χ4n) is 2.28. The highest BCUT2D eigenvalue weighted by Gasteiger charge is 2.18. The molecule has 0 spiro atoms. The average Bonchev–Trinajstić information content (AvgIpc) is 2.41. The second kappa shape index (κ2) is 10.9. The molecule has 6 nitrogen and oxygen atoms in total. The van der Waals surface area contributed by atoms with Crippen LogP contribution in [-0.4, -0.2) is 55.3 Å². The van der Waals surface area contributed by atoms with E-state index in [0.29, 0.717) is 13.1 Å². The molecule has 1 heterocycles. The number of alkyl carbamates (subject to hydrolysis) is 1. The number of hydrogen-bond acceptors (Lipinski definition) is 3. The number of carbonyl (C=O) groups excluding carboxylic acids is 1. The van der Waals surface area contributed by atoms with Crippen LogP contribution in [0.25, 0.3) is 0 Å². The van der Waals surface area contributed by atoms with Gasteiger partial charge in [0.1, 0.15) is 5.60 Å². The number of rotatable bonds is 4. The number of piperidine rings is 1. The molecule has 1 aliphatic heterocycles. The minimum atomic E-state index is -0.466. The lowest BCUT2D eigenvalue weighted by molar-refractivity contribution is 0.0529. The summed E-state index contributed by atoms with van der Waals surface area (Å²) >= 11 is 0. The Kier molecular flexibility index (Phi) is 10.6. The van der Waals surface area contributed by atoms with Crippen molar-refractivity contribution < 1.29 is 9.53 Å². The van der Waals surface area contributed by atoms with Gasteiger partial charge in [0.25, 0.3) is 0 Å². The van der Waals surface area contributed by atoms with Gasteiger partial charge in [0, 0.05) is 26.2 Å². The van der Waals surface area contributed by atoms with Gasteiger partial charge in [0.05, 0.1) is 6.54 Å². The van der Waals surface area contributed by atoms with Crippen LogP contribution in [0, 0.1) is 5.92 Å². The lowest BCUT2D eigenvalue weighted by Gasteiger charge is -2.33. The predicted molar refractivity (Wildman–Crippen MR) is 106 cm³/mol. The standard InChI is InChI=1S/C16H32N4O2.HI/c1-6-17-14(20-11-7-13(2)8-12-20)18-9-10-19-15(21)22-16(3,4)5;/h13H,6-12H2,1-5H3,(H,17,18)(H,19,21);1H. The Morgan fingerprint density at radius 1 is 1.26 bits per heavy atom. The highest BCUT2D eigenvalue weighted by atomic mass is 127. The largest absolute Gasteiger partial charge is 0.444 e. The zero-order valence-corrected chi connectivity index (χ0v) is 17.5. The van der Waals surface area contributed by atoms with Crippen LogP contribution < -0.4 is 10.6 Å².